The smallest absolute Gasteiger partial charge is 0.211 e. The van der Waals surface area contributed by atoms with Crippen LogP contribution in [0.5, 0.6) is 0 Å². The van der Waals surface area contributed by atoms with Gasteiger partial charge in [0, 0.05) is 5.75 Å². The lowest BCUT2D eigenvalue weighted by Crippen LogP contribution is -1.99. The maximum atomic E-state index is 9.59. The fraction of sp³-hybridized carbons (Fsp3) is 0.800. The standard InChI is InChI=1S/C5H9NOS/c1-5(3-8-2)6-4-7/h5H,3H2,1-2H3. The Hall–Kier alpha value is -0.270. The molecule has 0 spiro atoms. The lowest BCUT2D eigenvalue weighted by molar-refractivity contribution is 0.560. The van der Waals surface area contributed by atoms with E-state index < -0.39 is 0 Å². The monoisotopic (exact) mass is 131 g/mol. The molecule has 1 unspecified atom stereocenters. The van der Waals surface area contributed by atoms with E-state index in [4.69, 9.17) is 0 Å². The first-order valence-corrected chi connectivity index (χ1v) is 3.76. The summed E-state index contributed by atoms with van der Waals surface area (Å²) in [6.07, 6.45) is 3.50. The van der Waals surface area contributed by atoms with Crippen molar-refractivity contribution in [2.45, 2.75) is 13.0 Å². The first-order chi connectivity index (χ1) is 3.81. The van der Waals surface area contributed by atoms with Crippen molar-refractivity contribution in [1.29, 1.82) is 0 Å². The van der Waals surface area contributed by atoms with Crippen molar-refractivity contribution in [3.8, 4) is 0 Å². The normalized spacial score (nSPS) is 12.2. The molecule has 0 heterocycles. The molecule has 0 aliphatic heterocycles. The number of isocyanates is 1. The van der Waals surface area contributed by atoms with Gasteiger partial charge in [-0.25, -0.2) is 9.79 Å². The molecule has 1 atom stereocenters. The highest BCUT2D eigenvalue weighted by molar-refractivity contribution is 7.98. The van der Waals surface area contributed by atoms with Gasteiger partial charge < -0.3 is 0 Å². The minimum atomic E-state index is 0.127. The SMILES string of the molecule is CSCC(C)N=C=O. The Labute approximate surface area is 53.4 Å². The third kappa shape index (κ3) is 3.90. The van der Waals surface area contributed by atoms with Crippen molar-refractivity contribution in [1.82, 2.24) is 0 Å². The maximum Gasteiger partial charge on any atom is 0.235 e. The number of carbonyl (C=O) groups excluding carboxylic acids is 1. The van der Waals surface area contributed by atoms with E-state index in [1.165, 1.54) is 6.08 Å². The number of hydrogen-bond acceptors (Lipinski definition) is 3. The van der Waals surface area contributed by atoms with E-state index in [0.717, 1.165) is 5.75 Å². The summed E-state index contributed by atoms with van der Waals surface area (Å²) >= 11 is 1.68. The summed E-state index contributed by atoms with van der Waals surface area (Å²) in [6.45, 7) is 1.89. The third-order valence-corrected chi connectivity index (χ3v) is 1.50. The highest BCUT2D eigenvalue weighted by atomic mass is 32.2. The Morgan fingerprint density at radius 1 is 1.88 bits per heavy atom. The lowest BCUT2D eigenvalue weighted by atomic mass is 10.4. The quantitative estimate of drug-likeness (QED) is 0.423. The van der Waals surface area contributed by atoms with Crippen LogP contribution in [0.25, 0.3) is 0 Å². The molecule has 0 saturated carbocycles. The van der Waals surface area contributed by atoms with Gasteiger partial charge in [-0.05, 0) is 13.2 Å². The van der Waals surface area contributed by atoms with Crippen molar-refractivity contribution in [3.05, 3.63) is 0 Å². The molecule has 46 valence electrons. The van der Waals surface area contributed by atoms with Gasteiger partial charge in [0.15, 0.2) is 0 Å². The van der Waals surface area contributed by atoms with Crippen LogP contribution in [-0.2, 0) is 4.79 Å². The van der Waals surface area contributed by atoms with E-state index in [0.29, 0.717) is 0 Å². The van der Waals surface area contributed by atoms with Crippen LogP contribution in [0, 0.1) is 0 Å². The topological polar surface area (TPSA) is 29.4 Å². The van der Waals surface area contributed by atoms with Crippen molar-refractivity contribution >= 4 is 17.8 Å². The zero-order valence-electron chi connectivity index (χ0n) is 5.05. The Kier molecular flexibility index (Phi) is 4.71. The van der Waals surface area contributed by atoms with Gasteiger partial charge in [-0.3, -0.25) is 0 Å². The fourth-order valence-electron chi connectivity index (χ4n) is 0.368. The van der Waals surface area contributed by atoms with Crippen molar-refractivity contribution in [3.63, 3.8) is 0 Å². The molecule has 0 saturated heterocycles. The van der Waals surface area contributed by atoms with E-state index in [1.54, 1.807) is 11.8 Å². The molecule has 0 N–H and O–H groups in total. The molecule has 0 fully saturated rings. The van der Waals surface area contributed by atoms with Gasteiger partial charge in [0.25, 0.3) is 0 Å². The zero-order valence-corrected chi connectivity index (χ0v) is 5.86. The highest BCUT2D eigenvalue weighted by Crippen LogP contribution is 1.98. The predicted octanol–water partition coefficient (Wildman–Crippen LogP) is 1.07. The third-order valence-electron chi connectivity index (χ3n) is 0.681. The number of aliphatic imine (C=N–C) groups is 1. The minimum absolute atomic E-state index is 0.127. The molecule has 3 heteroatoms. The van der Waals surface area contributed by atoms with Crippen molar-refractivity contribution < 1.29 is 4.79 Å². The molecular formula is C5H9NOS. The molecule has 0 aromatic carbocycles. The van der Waals surface area contributed by atoms with Gasteiger partial charge in [-0.2, -0.15) is 11.8 Å². The van der Waals surface area contributed by atoms with Crippen molar-refractivity contribution in [2.75, 3.05) is 12.0 Å². The lowest BCUT2D eigenvalue weighted by Gasteiger charge is -1.96. The number of nitrogens with zero attached hydrogens (tertiary/aromatic N) is 1. The van der Waals surface area contributed by atoms with Crippen LogP contribution in [0.4, 0.5) is 0 Å². The number of rotatable bonds is 3. The summed E-state index contributed by atoms with van der Waals surface area (Å²) in [5.41, 5.74) is 0. The second-order valence-electron chi connectivity index (χ2n) is 1.52. The number of hydrogen-bond donors (Lipinski definition) is 0. The summed E-state index contributed by atoms with van der Waals surface area (Å²) in [4.78, 5) is 13.1. The second-order valence-corrected chi connectivity index (χ2v) is 2.44. The molecule has 0 amide bonds. The molecule has 0 aliphatic rings. The average molecular weight is 131 g/mol. The summed E-state index contributed by atoms with van der Waals surface area (Å²) in [5.74, 6) is 0.898. The Bertz CT molecular complexity index is 98.6. The summed E-state index contributed by atoms with van der Waals surface area (Å²) in [6, 6.07) is 0.127. The Morgan fingerprint density at radius 3 is 2.88 bits per heavy atom. The minimum Gasteiger partial charge on any atom is -0.211 e. The van der Waals surface area contributed by atoms with Gasteiger partial charge in [0.05, 0.1) is 6.04 Å². The van der Waals surface area contributed by atoms with Gasteiger partial charge in [0.2, 0.25) is 6.08 Å². The summed E-state index contributed by atoms with van der Waals surface area (Å²) in [5, 5.41) is 0. The zero-order chi connectivity index (χ0) is 6.41. The molecular weight excluding hydrogens is 122 g/mol. The van der Waals surface area contributed by atoms with E-state index in [2.05, 4.69) is 4.99 Å². The molecule has 0 radical (unpaired) electrons. The molecule has 0 aliphatic carbocycles. The van der Waals surface area contributed by atoms with Gasteiger partial charge >= 0.3 is 0 Å². The highest BCUT2D eigenvalue weighted by Gasteiger charge is 1.93. The second kappa shape index (κ2) is 4.88. The molecule has 0 rings (SSSR count). The first kappa shape index (κ1) is 7.73. The first-order valence-electron chi connectivity index (χ1n) is 2.37. The van der Waals surface area contributed by atoms with Crippen LogP contribution in [-0.4, -0.2) is 24.1 Å². The molecule has 0 aromatic rings. The van der Waals surface area contributed by atoms with Crippen molar-refractivity contribution in [2.24, 2.45) is 4.99 Å². The molecule has 0 bridgehead atoms. The number of thioether (sulfide) groups is 1. The van der Waals surface area contributed by atoms with Crippen LogP contribution in [0.2, 0.25) is 0 Å². The van der Waals surface area contributed by atoms with Crippen LogP contribution in [0.1, 0.15) is 6.92 Å². The Balaban J connectivity index is 3.31. The van der Waals surface area contributed by atoms with Crippen LogP contribution in [0.15, 0.2) is 4.99 Å². The van der Waals surface area contributed by atoms with Gasteiger partial charge in [-0.15, -0.1) is 0 Å². The summed E-state index contributed by atoms with van der Waals surface area (Å²) in [7, 11) is 0. The molecule has 0 aromatic heterocycles. The largest absolute Gasteiger partial charge is 0.235 e. The Morgan fingerprint density at radius 2 is 2.50 bits per heavy atom. The van der Waals surface area contributed by atoms with Gasteiger partial charge in [-0.1, -0.05) is 0 Å². The van der Waals surface area contributed by atoms with E-state index >= 15 is 0 Å². The van der Waals surface area contributed by atoms with Crippen LogP contribution >= 0.6 is 11.8 Å². The average Bonchev–Trinajstić information content (AvgIpc) is 1.68. The summed E-state index contributed by atoms with van der Waals surface area (Å²) < 4.78 is 0. The fourth-order valence-corrected chi connectivity index (χ4v) is 0.925. The van der Waals surface area contributed by atoms with Crippen LogP contribution in [0.3, 0.4) is 0 Å². The predicted molar refractivity (Wildman–Crippen MR) is 36.0 cm³/mol. The van der Waals surface area contributed by atoms with Crippen LogP contribution < -0.4 is 0 Å². The van der Waals surface area contributed by atoms with E-state index in [-0.39, 0.29) is 6.04 Å². The maximum absolute atomic E-state index is 9.59. The molecule has 2 nitrogen and oxygen atoms in total. The van der Waals surface area contributed by atoms with Gasteiger partial charge in [0.1, 0.15) is 0 Å². The molecule has 8 heavy (non-hydrogen) atoms. The van der Waals surface area contributed by atoms with E-state index in [1.807, 2.05) is 13.2 Å². The van der Waals surface area contributed by atoms with E-state index in [9.17, 15) is 4.79 Å².